The van der Waals surface area contributed by atoms with Gasteiger partial charge in [-0.1, -0.05) is 18.2 Å². The van der Waals surface area contributed by atoms with E-state index in [9.17, 15) is 4.39 Å². The van der Waals surface area contributed by atoms with Crippen molar-refractivity contribution < 1.29 is 9.13 Å². The maximum absolute atomic E-state index is 13.5. The maximum Gasteiger partial charge on any atom is 0.191 e. The Morgan fingerprint density at radius 3 is 2.21 bits per heavy atom. The fraction of sp³-hybridized carbons (Fsp3) is 0.235. The lowest BCUT2D eigenvalue weighted by atomic mass is 10.2. The number of halogens is 3. The number of rotatable bonds is 5. The molecule has 2 N–H and O–H groups in total. The summed E-state index contributed by atoms with van der Waals surface area (Å²) in [6.07, 6.45) is 0. The van der Waals surface area contributed by atoms with Gasteiger partial charge in [-0.25, -0.2) is 4.39 Å². The molecule has 0 radical (unpaired) electrons. The van der Waals surface area contributed by atoms with E-state index in [-0.39, 0.29) is 29.8 Å². The second-order valence-corrected chi connectivity index (χ2v) is 5.73. The van der Waals surface area contributed by atoms with Crippen LogP contribution in [0.2, 0.25) is 0 Å². The minimum absolute atomic E-state index is 0. The minimum Gasteiger partial charge on any atom is -0.497 e. The standard InChI is InChI=1S/C17H19BrFN3O.HI/c1-20-17(21-10-12-3-6-14(23-2)7-4-12)22-11-13-5-8-15(18)16(19)9-13;/h3-9H,10-11H2,1-2H3,(H2,20,21,22);1H. The van der Waals surface area contributed by atoms with Gasteiger partial charge < -0.3 is 15.4 Å². The molecule has 0 atom stereocenters. The lowest BCUT2D eigenvalue weighted by Gasteiger charge is -2.12. The van der Waals surface area contributed by atoms with Gasteiger partial charge in [-0.2, -0.15) is 0 Å². The third-order valence-corrected chi connectivity index (χ3v) is 3.93. The van der Waals surface area contributed by atoms with Crippen LogP contribution < -0.4 is 15.4 Å². The zero-order chi connectivity index (χ0) is 16.7. The molecule has 24 heavy (non-hydrogen) atoms. The summed E-state index contributed by atoms with van der Waals surface area (Å²) in [6, 6.07) is 12.9. The summed E-state index contributed by atoms with van der Waals surface area (Å²) in [5.41, 5.74) is 1.96. The van der Waals surface area contributed by atoms with Crippen molar-refractivity contribution in [2.24, 2.45) is 4.99 Å². The van der Waals surface area contributed by atoms with Gasteiger partial charge in [0.15, 0.2) is 5.96 Å². The summed E-state index contributed by atoms with van der Waals surface area (Å²) >= 11 is 3.14. The van der Waals surface area contributed by atoms with E-state index in [1.54, 1.807) is 20.2 Å². The summed E-state index contributed by atoms with van der Waals surface area (Å²) in [4.78, 5) is 4.16. The van der Waals surface area contributed by atoms with Crippen molar-refractivity contribution in [3.63, 3.8) is 0 Å². The second kappa shape index (κ2) is 10.5. The van der Waals surface area contributed by atoms with Gasteiger partial charge in [-0.15, -0.1) is 24.0 Å². The molecule has 0 aliphatic heterocycles. The van der Waals surface area contributed by atoms with Gasteiger partial charge in [0.2, 0.25) is 0 Å². The molecule has 0 aliphatic rings. The SMILES string of the molecule is CN=C(NCc1ccc(OC)cc1)NCc1ccc(Br)c(F)c1.I. The van der Waals surface area contributed by atoms with Gasteiger partial charge in [0.05, 0.1) is 11.6 Å². The number of hydrogen-bond donors (Lipinski definition) is 2. The average molecular weight is 508 g/mol. The van der Waals surface area contributed by atoms with Crippen LogP contribution in [-0.2, 0) is 13.1 Å². The van der Waals surface area contributed by atoms with Crippen LogP contribution in [0.25, 0.3) is 0 Å². The number of benzene rings is 2. The van der Waals surface area contributed by atoms with Crippen LogP contribution in [0.15, 0.2) is 51.9 Å². The van der Waals surface area contributed by atoms with Gasteiger partial charge in [0.25, 0.3) is 0 Å². The lowest BCUT2D eigenvalue weighted by Crippen LogP contribution is -2.36. The first-order valence-corrected chi connectivity index (χ1v) is 7.93. The van der Waals surface area contributed by atoms with Crippen LogP contribution in [-0.4, -0.2) is 20.1 Å². The summed E-state index contributed by atoms with van der Waals surface area (Å²) < 4.78 is 19.1. The zero-order valence-corrected chi connectivity index (χ0v) is 17.4. The van der Waals surface area contributed by atoms with Crippen LogP contribution in [0.4, 0.5) is 4.39 Å². The van der Waals surface area contributed by atoms with Gasteiger partial charge in [-0.3, -0.25) is 4.99 Å². The van der Waals surface area contributed by atoms with Crippen molar-refractivity contribution in [3.05, 3.63) is 63.9 Å². The highest BCUT2D eigenvalue weighted by molar-refractivity contribution is 14.0. The van der Waals surface area contributed by atoms with E-state index in [1.807, 2.05) is 30.3 Å². The monoisotopic (exact) mass is 507 g/mol. The van der Waals surface area contributed by atoms with E-state index in [0.717, 1.165) is 16.9 Å². The molecular formula is C17H20BrFIN3O. The molecule has 0 amide bonds. The van der Waals surface area contributed by atoms with Crippen molar-refractivity contribution in [1.29, 1.82) is 0 Å². The molecule has 0 bridgehead atoms. The van der Waals surface area contributed by atoms with Gasteiger partial charge in [0, 0.05) is 20.1 Å². The van der Waals surface area contributed by atoms with Crippen molar-refractivity contribution in [2.75, 3.05) is 14.2 Å². The molecule has 4 nitrogen and oxygen atoms in total. The quantitative estimate of drug-likeness (QED) is 0.364. The zero-order valence-electron chi connectivity index (χ0n) is 13.5. The Hall–Kier alpha value is -1.35. The molecule has 2 aromatic carbocycles. The largest absolute Gasteiger partial charge is 0.497 e. The molecule has 0 spiro atoms. The summed E-state index contributed by atoms with van der Waals surface area (Å²) in [7, 11) is 3.34. The molecule has 0 heterocycles. The topological polar surface area (TPSA) is 45.7 Å². The molecule has 0 aromatic heterocycles. The van der Waals surface area contributed by atoms with Gasteiger partial charge in [0.1, 0.15) is 11.6 Å². The van der Waals surface area contributed by atoms with Gasteiger partial charge >= 0.3 is 0 Å². The smallest absolute Gasteiger partial charge is 0.191 e. The number of nitrogens with zero attached hydrogens (tertiary/aromatic N) is 1. The predicted octanol–water partition coefficient (Wildman–Crippen LogP) is 4.08. The molecule has 2 rings (SSSR count). The number of aliphatic imine (C=N–C) groups is 1. The van der Waals surface area contributed by atoms with Crippen molar-refractivity contribution in [3.8, 4) is 5.75 Å². The van der Waals surface area contributed by atoms with Crippen LogP contribution >= 0.6 is 39.9 Å². The first kappa shape index (κ1) is 20.7. The Kier molecular flexibility index (Phi) is 9.05. The second-order valence-electron chi connectivity index (χ2n) is 4.88. The van der Waals surface area contributed by atoms with Crippen molar-refractivity contribution in [1.82, 2.24) is 10.6 Å². The number of hydrogen-bond acceptors (Lipinski definition) is 2. The molecule has 130 valence electrons. The first-order chi connectivity index (χ1) is 11.1. The maximum atomic E-state index is 13.5. The fourth-order valence-corrected chi connectivity index (χ4v) is 2.23. The van der Waals surface area contributed by atoms with Crippen molar-refractivity contribution in [2.45, 2.75) is 13.1 Å². The molecule has 2 aromatic rings. The fourth-order valence-electron chi connectivity index (χ4n) is 1.99. The molecule has 0 aliphatic carbocycles. The van der Waals surface area contributed by atoms with Crippen LogP contribution in [0.5, 0.6) is 5.75 Å². The molecular weight excluding hydrogens is 488 g/mol. The third kappa shape index (κ3) is 6.27. The average Bonchev–Trinajstić information content (AvgIpc) is 2.58. The molecule has 0 unspecified atom stereocenters. The van der Waals surface area contributed by atoms with E-state index in [1.165, 1.54) is 6.07 Å². The van der Waals surface area contributed by atoms with Crippen LogP contribution in [0.1, 0.15) is 11.1 Å². The normalized spacial score (nSPS) is 10.8. The molecule has 0 saturated carbocycles. The summed E-state index contributed by atoms with van der Waals surface area (Å²) in [5.74, 6) is 1.21. The molecule has 0 fully saturated rings. The Labute approximate surface area is 167 Å². The number of guanidine groups is 1. The Morgan fingerprint density at radius 2 is 1.67 bits per heavy atom. The van der Waals surface area contributed by atoms with Gasteiger partial charge in [-0.05, 0) is 51.3 Å². The number of methoxy groups -OCH3 is 1. The van der Waals surface area contributed by atoms with Crippen LogP contribution in [0.3, 0.4) is 0 Å². The van der Waals surface area contributed by atoms with E-state index >= 15 is 0 Å². The Morgan fingerprint density at radius 1 is 1.08 bits per heavy atom. The first-order valence-electron chi connectivity index (χ1n) is 7.13. The van der Waals surface area contributed by atoms with Crippen molar-refractivity contribution >= 4 is 45.9 Å². The van der Waals surface area contributed by atoms with E-state index in [0.29, 0.717) is 23.5 Å². The molecule has 0 saturated heterocycles. The predicted molar refractivity (Wildman–Crippen MR) is 110 cm³/mol. The van der Waals surface area contributed by atoms with E-state index in [2.05, 4.69) is 31.6 Å². The van der Waals surface area contributed by atoms with E-state index in [4.69, 9.17) is 4.74 Å². The highest BCUT2D eigenvalue weighted by Gasteiger charge is 2.03. The highest BCUT2D eigenvalue weighted by atomic mass is 127. The lowest BCUT2D eigenvalue weighted by molar-refractivity contribution is 0.414. The van der Waals surface area contributed by atoms with E-state index < -0.39 is 0 Å². The number of ether oxygens (including phenoxy) is 1. The molecule has 7 heteroatoms. The highest BCUT2D eigenvalue weighted by Crippen LogP contribution is 2.16. The summed E-state index contributed by atoms with van der Waals surface area (Å²) in [6.45, 7) is 1.13. The Balaban J connectivity index is 0.00000288. The number of nitrogens with one attached hydrogen (secondary N) is 2. The summed E-state index contributed by atoms with van der Waals surface area (Å²) in [5, 5.41) is 6.37. The van der Waals surface area contributed by atoms with Crippen LogP contribution in [0, 0.1) is 5.82 Å². The minimum atomic E-state index is -0.273. The third-order valence-electron chi connectivity index (χ3n) is 3.29. The Bertz CT molecular complexity index is 680.